The highest BCUT2D eigenvalue weighted by Crippen LogP contribution is 2.31. The van der Waals surface area contributed by atoms with Crippen LogP contribution < -0.4 is 10.1 Å². The smallest absolute Gasteiger partial charge is 0.410 e. The van der Waals surface area contributed by atoms with Crippen LogP contribution in [0.5, 0.6) is 5.75 Å². The largest absolute Gasteiger partial charge is 0.491 e. The van der Waals surface area contributed by atoms with E-state index in [4.69, 9.17) is 9.47 Å². The van der Waals surface area contributed by atoms with Gasteiger partial charge in [0.2, 0.25) is 0 Å². The van der Waals surface area contributed by atoms with Crippen LogP contribution in [0.3, 0.4) is 0 Å². The zero-order valence-electron chi connectivity index (χ0n) is 21.1. The van der Waals surface area contributed by atoms with Gasteiger partial charge in [0.15, 0.2) is 0 Å². The molecular weight excluding hydrogens is 444 g/mol. The minimum Gasteiger partial charge on any atom is -0.491 e. The van der Waals surface area contributed by atoms with E-state index in [0.29, 0.717) is 24.4 Å². The number of hydrogen-bond acceptors (Lipinski definition) is 6. The minimum atomic E-state index is -0.776. The number of carbonyl (C=O) groups excluding carboxylic acids is 2. The molecule has 0 bridgehead atoms. The van der Waals surface area contributed by atoms with E-state index < -0.39 is 17.2 Å². The van der Waals surface area contributed by atoms with E-state index in [1.54, 1.807) is 17.0 Å². The van der Waals surface area contributed by atoms with Crippen molar-refractivity contribution in [2.24, 2.45) is 0 Å². The molecule has 0 saturated heterocycles. The molecule has 8 heteroatoms. The Hall–Kier alpha value is -3.68. The molecule has 2 aromatic carbocycles. The van der Waals surface area contributed by atoms with Crippen LogP contribution in [0.2, 0.25) is 0 Å². The summed E-state index contributed by atoms with van der Waals surface area (Å²) < 4.78 is 11.5. The lowest BCUT2D eigenvalue weighted by molar-refractivity contribution is 0.0225. The van der Waals surface area contributed by atoms with Gasteiger partial charge in [0, 0.05) is 10.9 Å². The molecule has 0 atom stereocenters. The van der Waals surface area contributed by atoms with Crippen molar-refractivity contribution in [3.8, 4) is 5.75 Å². The summed E-state index contributed by atoms with van der Waals surface area (Å²) in [5, 5.41) is 4.02. The molecule has 184 valence electrons. The quantitative estimate of drug-likeness (QED) is 0.587. The fraction of sp³-hybridized carbons (Fsp3) is 0.407. The van der Waals surface area contributed by atoms with E-state index >= 15 is 0 Å². The number of ether oxygens (including phenoxy) is 2. The second-order valence-electron chi connectivity index (χ2n) is 10.3. The number of amides is 2. The van der Waals surface area contributed by atoms with Gasteiger partial charge in [-0.15, -0.1) is 0 Å². The number of carbonyl (C=O) groups is 2. The van der Waals surface area contributed by atoms with Crippen molar-refractivity contribution in [2.75, 3.05) is 13.2 Å². The number of nitrogens with one attached hydrogen (secondary N) is 1. The molecule has 0 aliphatic carbocycles. The Morgan fingerprint density at radius 1 is 1.06 bits per heavy atom. The van der Waals surface area contributed by atoms with Gasteiger partial charge in [-0.3, -0.25) is 4.79 Å². The Bertz CT molecular complexity index is 1280. The molecular formula is C27H32N4O4. The molecule has 2 heterocycles. The Morgan fingerprint density at radius 2 is 1.80 bits per heavy atom. The van der Waals surface area contributed by atoms with Gasteiger partial charge in [0.05, 0.1) is 35.4 Å². The Kier molecular flexibility index (Phi) is 6.40. The first kappa shape index (κ1) is 24.4. The van der Waals surface area contributed by atoms with E-state index in [9.17, 15) is 9.59 Å². The molecule has 0 unspecified atom stereocenters. The second-order valence-corrected chi connectivity index (χ2v) is 10.3. The van der Waals surface area contributed by atoms with Gasteiger partial charge < -0.3 is 19.7 Å². The molecule has 2 amide bonds. The summed E-state index contributed by atoms with van der Waals surface area (Å²) in [5.74, 6) is 0.201. The Morgan fingerprint density at radius 3 is 2.54 bits per heavy atom. The number of rotatable bonds is 3. The topological polar surface area (TPSA) is 93.7 Å². The Labute approximate surface area is 205 Å². The van der Waals surface area contributed by atoms with E-state index in [0.717, 1.165) is 27.7 Å². The van der Waals surface area contributed by atoms with Crippen LogP contribution in [0.1, 0.15) is 61.8 Å². The fourth-order valence-corrected chi connectivity index (χ4v) is 4.23. The van der Waals surface area contributed by atoms with Gasteiger partial charge in [-0.1, -0.05) is 30.3 Å². The van der Waals surface area contributed by atoms with Crippen LogP contribution in [-0.2, 0) is 16.8 Å². The zero-order chi connectivity index (χ0) is 25.4. The maximum absolute atomic E-state index is 13.5. The van der Waals surface area contributed by atoms with E-state index in [2.05, 4.69) is 15.3 Å². The average molecular weight is 477 g/mol. The zero-order valence-corrected chi connectivity index (χ0v) is 21.1. The number of hydrogen-bond donors (Lipinski definition) is 1. The van der Waals surface area contributed by atoms with Crippen LogP contribution in [0.25, 0.3) is 10.9 Å². The van der Waals surface area contributed by atoms with Crippen LogP contribution in [-0.4, -0.2) is 45.6 Å². The average Bonchev–Trinajstić information content (AvgIpc) is 3.00. The van der Waals surface area contributed by atoms with Crippen LogP contribution in [0, 0.1) is 6.92 Å². The fourth-order valence-electron chi connectivity index (χ4n) is 4.23. The van der Waals surface area contributed by atoms with Gasteiger partial charge >= 0.3 is 6.09 Å². The van der Waals surface area contributed by atoms with Gasteiger partial charge in [-0.05, 0) is 53.2 Å². The molecule has 3 aromatic rings. The van der Waals surface area contributed by atoms with E-state index in [-0.39, 0.29) is 12.5 Å². The van der Waals surface area contributed by atoms with Gasteiger partial charge in [-0.25, -0.2) is 14.8 Å². The number of nitrogens with zero attached hydrogens (tertiary/aromatic N) is 3. The summed E-state index contributed by atoms with van der Waals surface area (Å²) in [6, 6.07) is 11.3. The maximum Gasteiger partial charge on any atom is 0.410 e. The predicted octanol–water partition coefficient (Wildman–Crippen LogP) is 4.73. The summed E-state index contributed by atoms with van der Waals surface area (Å²) in [6.45, 7) is 12.3. The number of aryl methyl sites for hydroxylation is 1. The third kappa shape index (κ3) is 5.21. The number of benzene rings is 2. The molecule has 0 fully saturated rings. The highest BCUT2D eigenvalue weighted by molar-refractivity contribution is 5.98. The molecule has 1 aromatic heterocycles. The van der Waals surface area contributed by atoms with Crippen molar-refractivity contribution in [3.63, 3.8) is 0 Å². The van der Waals surface area contributed by atoms with Crippen LogP contribution in [0.15, 0.2) is 42.7 Å². The Balaban J connectivity index is 1.61. The molecule has 1 aliphatic rings. The summed E-state index contributed by atoms with van der Waals surface area (Å²) in [7, 11) is 0. The summed E-state index contributed by atoms with van der Waals surface area (Å²) >= 11 is 0. The van der Waals surface area contributed by atoms with Gasteiger partial charge in [0.25, 0.3) is 5.91 Å². The number of para-hydroxylation sites is 2. The van der Waals surface area contributed by atoms with Crippen molar-refractivity contribution in [2.45, 2.75) is 59.2 Å². The van der Waals surface area contributed by atoms with Crippen LogP contribution in [0.4, 0.5) is 4.79 Å². The third-order valence-electron chi connectivity index (χ3n) is 5.85. The number of fused-ring (bicyclic) bond motifs is 2. The first-order valence-corrected chi connectivity index (χ1v) is 11.7. The predicted molar refractivity (Wildman–Crippen MR) is 133 cm³/mol. The second kappa shape index (κ2) is 9.17. The lowest BCUT2D eigenvalue weighted by Gasteiger charge is -2.27. The molecule has 0 spiro atoms. The molecule has 35 heavy (non-hydrogen) atoms. The summed E-state index contributed by atoms with van der Waals surface area (Å²) in [5.41, 5.74) is 2.44. The first-order chi connectivity index (χ1) is 16.5. The van der Waals surface area contributed by atoms with Crippen molar-refractivity contribution in [1.82, 2.24) is 20.2 Å². The van der Waals surface area contributed by atoms with Crippen molar-refractivity contribution in [1.29, 1.82) is 0 Å². The first-order valence-electron chi connectivity index (χ1n) is 11.7. The van der Waals surface area contributed by atoms with E-state index in [1.165, 1.54) is 6.33 Å². The molecule has 0 radical (unpaired) electrons. The SMILES string of the molecule is Cc1cccc2c(C(C)(C)NC(=O)c3cccc4c3OCCN(C(=O)OC(C)(C)C)C4)ncnc12. The number of aromatic nitrogens is 2. The standard InChI is InChI=1S/C27H32N4O4/c1-17-9-7-11-19-21(17)28-16-29-23(19)27(5,6)30-24(32)20-12-8-10-18-15-31(13-14-34-22(18)20)25(33)35-26(2,3)4/h7-12,16H,13-15H2,1-6H3,(H,30,32). The van der Waals surface area contributed by atoms with Crippen molar-refractivity contribution >= 4 is 22.9 Å². The molecule has 0 saturated carbocycles. The lowest BCUT2D eigenvalue weighted by Crippen LogP contribution is -2.42. The van der Waals surface area contributed by atoms with Gasteiger partial charge in [0.1, 0.15) is 24.3 Å². The normalized spacial score (nSPS) is 14.1. The molecule has 1 N–H and O–H groups in total. The highest BCUT2D eigenvalue weighted by atomic mass is 16.6. The van der Waals surface area contributed by atoms with Crippen LogP contribution >= 0.6 is 0 Å². The third-order valence-corrected chi connectivity index (χ3v) is 5.85. The monoisotopic (exact) mass is 476 g/mol. The summed E-state index contributed by atoms with van der Waals surface area (Å²) in [4.78, 5) is 36.6. The molecule has 8 nitrogen and oxygen atoms in total. The van der Waals surface area contributed by atoms with E-state index in [1.807, 2.05) is 65.8 Å². The molecule has 4 rings (SSSR count). The minimum absolute atomic E-state index is 0.260. The van der Waals surface area contributed by atoms with Crippen molar-refractivity contribution < 1.29 is 19.1 Å². The van der Waals surface area contributed by atoms with Crippen molar-refractivity contribution in [3.05, 3.63) is 65.1 Å². The summed E-state index contributed by atoms with van der Waals surface area (Å²) in [6.07, 6.45) is 1.12. The highest BCUT2D eigenvalue weighted by Gasteiger charge is 2.31. The molecule has 1 aliphatic heterocycles. The lowest BCUT2D eigenvalue weighted by atomic mass is 9.94. The van der Waals surface area contributed by atoms with Gasteiger partial charge in [-0.2, -0.15) is 0 Å². The maximum atomic E-state index is 13.5.